The van der Waals surface area contributed by atoms with Crippen LogP contribution in [-0.2, 0) is 6.42 Å². The molecule has 0 amide bonds. The number of pyridine rings is 1. The lowest BCUT2D eigenvalue weighted by Gasteiger charge is -2.08. The Morgan fingerprint density at radius 1 is 1.00 bits per heavy atom. The largest absolute Gasteiger partial charge is 0.497 e. The zero-order chi connectivity index (χ0) is 13.9. The Hall–Kier alpha value is -2.49. The van der Waals surface area contributed by atoms with E-state index in [-0.39, 0.29) is 0 Å². The summed E-state index contributed by atoms with van der Waals surface area (Å²) in [6.45, 7) is 0. The van der Waals surface area contributed by atoms with E-state index in [0.29, 0.717) is 0 Å². The van der Waals surface area contributed by atoms with E-state index in [2.05, 4.69) is 16.0 Å². The molecule has 4 nitrogen and oxygen atoms in total. The lowest BCUT2D eigenvalue weighted by atomic mass is 10.1. The van der Waals surface area contributed by atoms with Gasteiger partial charge in [-0.05, 0) is 35.9 Å². The van der Waals surface area contributed by atoms with Crippen LogP contribution >= 0.6 is 0 Å². The maximum absolute atomic E-state index is 5.29. The van der Waals surface area contributed by atoms with Crippen molar-refractivity contribution in [2.75, 3.05) is 14.2 Å². The molecule has 0 aliphatic carbocycles. The molecule has 20 heavy (non-hydrogen) atoms. The molecule has 0 bridgehead atoms. The van der Waals surface area contributed by atoms with Gasteiger partial charge in [0.25, 0.3) is 0 Å². The highest BCUT2D eigenvalue weighted by Gasteiger charge is 2.05. The van der Waals surface area contributed by atoms with Gasteiger partial charge in [-0.2, -0.15) is 0 Å². The summed E-state index contributed by atoms with van der Waals surface area (Å²) in [7, 11) is 3.31. The second-order valence-electron chi connectivity index (χ2n) is 4.62. The van der Waals surface area contributed by atoms with Crippen LogP contribution in [0.5, 0.6) is 11.5 Å². The van der Waals surface area contributed by atoms with Crippen LogP contribution in [0.3, 0.4) is 0 Å². The number of fused-ring (bicyclic) bond motifs is 1. The van der Waals surface area contributed by atoms with Gasteiger partial charge < -0.3 is 14.5 Å². The molecule has 0 aliphatic heterocycles. The molecule has 2 heterocycles. The molecule has 0 saturated heterocycles. The van der Waals surface area contributed by atoms with Crippen molar-refractivity contribution < 1.29 is 9.47 Å². The average molecular weight is 268 g/mol. The van der Waals surface area contributed by atoms with E-state index in [1.807, 2.05) is 36.5 Å². The number of aromatic nitrogens is 2. The van der Waals surface area contributed by atoms with E-state index >= 15 is 0 Å². The Morgan fingerprint density at radius 3 is 2.45 bits per heavy atom. The van der Waals surface area contributed by atoms with Crippen LogP contribution < -0.4 is 9.47 Å². The van der Waals surface area contributed by atoms with Crippen LogP contribution in [0, 0.1) is 0 Å². The lowest BCUT2D eigenvalue weighted by molar-refractivity contribution is 0.393. The molecule has 0 saturated carbocycles. The maximum Gasteiger partial charge on any atom is 0.137 e. The molecular formula is C16H16N2O2. The second kappa shape index (κ2) is 5.25. The number of rotatable bonds is 4. The fourth-order valence-corrected chi connectivity index (χ4v) is 2.25. The molecule has 0 spiro atoms. The standard InChI is InChI=1S/C16H16N2O2/c1-19-14-8-11(9-15(10-14)20-2)7-13-4-3-12-5-6-17-16(12)18-13/h3-6,8-10H,7H2,1-2H3,(H,17,18). The van der Waals surface area contributed by atoms with E-state index in [4.69, 9.17) is 9.47 Å². The summed E-state index contributed by atoms with van der Waals surface area (Å²) in [6, 6.07) is 12.0. The third-order valence-corrected chi connectivity index (χ3v) is 3.26. The third kappa shape index (κ3) is 2.45. The number of nitrogens with one attached hydrogen (secondary N) is 1. The smallest absolute Gasteiger partial charge is 0.137 e. The molecule has 0 aliphatic rings. The van der Waals surface area contributed by atoms with Gasteiger partial charge in [0.1, 0.15) is 17.1 Å². The van der Waals surface area contributed by atoms with Gasteiger partial charge in [0, 0.05) is 29.8 Å². The molecule has 0 unspecified atom stereocenters. The monoisotopic (exact) mass is 268 g/mol. The molecule has 102 valence electrons. The van der Waals surface area contributed by atoms with Crippen LogP contribution in [0.2, 0.25) is 0 Å². The Balaban J connectivity index is 1.92. The minimum Gasteiger partial charge on any atom is -0.497 e. The Labute approximate surface area is 117 Å². The number of hydrogen-bond acceptors (Lipinski definition) is 3. The van der Waals surface area contributed by atoms with Crippen molar-refractivity contribution in [2.24, 2.45) is 0 Å². The van der Waals surface area contributed by atoms with Crippen molar-refractivity contribution in [3.05, 3.63) is 53.9 Å². The number of aromatic amines is 1. The number of ether oxygens (including phenoxy) is 2. The predicted octanol–water partition coefficient (Wildman–Crippen LogP) is 3.17. The van der Waals surface area contributed by atoms with Crippen molar-refractivity contribution in [1.29, 1.82) is 0 Å². The summed E-state index contributed by atoms with van der Waals surface area (Å²) in [6.07, 6.45) is 2.64. The first kappa shape index (κ1) is 12.5. The fourth-order valence-electron chi connectivity index (χ4n) is 2.25. The van der Waals surface area contributed by atoms with Gasteiger partial charge in [0.05, 0.1) is 14.2 Å². The summed E-state index contributed by atoms with van der Waals surface area (Å²) < 4.78 is 10.6. The molecular weight excluding hydrogens is 252 g/mol. The SMILES string of the molecule is COc1cc(Cc2ccc3cc[nH]c3n2)cc(OC)c1. The van der Waals surface area contributed by atoms with E-state index in [1.165, 1.54) is 0 Å². The van der Waals surface area contributed by atoms with Crippen molar-refractivity contribution in [1.82, 2.24) is 9.97 Å². The van der Waals surface area contributed by atoms with Crippen molar-refractivity contribution >= 4 is 11.0 Å². The highest BCUT2D eigenvalue weighted by molar-refractivity contribution is 5.75. The van der Waals surface area contributed by atoms with Gasteiger partial charge in [-0.1, -0.05) is 0 Å². The molecule has 2 aromatic heterocycles. The van der Waals surface area contributed by atoms with E-state index in [9.17, 15) is 0 Å². The first-order valence-corrected chi connectivity index (χ1v) is 6.43. The minimum atomic E-state index is 0.739. The first-order chi connectivity index (χ1) is 9.78. The van der Waals surface area contributed by atoms with Gasteiger partial charge in [-0.25, -0.2) is 4.98 Å². The predicted molar refractivity (Wildman–Crippen MR) is 78.4 cm³/mol. The minimum absolute atomic E-state index is 0.739. The summed E-state index contributed by atoms with van der Waals surface area (Å²) in [5.41, 5.74) is 3.03. The number of hydrogen-bond donors (Lipinski definition) is 1. The Bertz CT molecular complexity index is 712. The van der Waals surface area contributed by atoms with Gasteiger partial charge in [0.15, 0.2) is 0 Å². The molecule has 0 fully saturated rings. The van der Waals surface area contributed by atoms with E-state index in [1.54, 1.807) is 14.2 Å². The quantitative estimate of drug-likeness (QED) is 0.790. The molecule has 1 N–H and O–H groups in total. The molecule has 0 atom stereocenters. The number of H-pyrrole nitrogens is 1. The van der Waals surface area contributed by atoms with Gasteiger partial charge in [-0.3, -0.25) is 0 Å². The summed E-state index contributed by atoms with van der Waals surface area (Å²) in [5, 5.41) is 1.12. The van der Waals surface area contributed by atoms with Gasteiger partial charge >= 0.3 is 0 Å². The Morgan fingerprint density at radius 2 is 1.75 bits per heavy atom. The zero-order valence-corrected chi connectivity index (χ0v) is 11.5. The van der Waals surface area contributed by atoms with Gasteiger partial charge in [-0.15, -0.1) is 0 Å². The summed E-state index contributed by atoms with van der Waals surface area (Å²) in [4.78, 5) is 7.73. The van der Waals surface area contributed by atoms with E-state index in [0.717, 1.165) is 40.2 Å². The molecule has 4 heteroatoms. The molecule has 1 aromatic carbocycles. The molecule has 0 radical (unpaired) electrons. The van der Waals surface area contributed by atoms with Crippen LogP contribution in [0.25, 0.3) is 11.0 Å². The maximum atomic E-state index is 5.29. The lowest BCUT2D eigenvalue weighted by Crippen LogP contribution is -1.95. The molecule has 3 rings (SSSR count). The molecule has 3 aromatic rings. The Kier molecular flexibility index (Phi) is 3.29. The first-order valence-electron chi connectivity index (χ1n) is 6.43. The van der Waals surface area contributed by atoms with Gasteiger partial charge in [0.2, 0.25) is 0 Å². The van der Waals surface area contributed by atoms with Crippen LogP contribution in [-0.4, -0.2) is 24.2 Å². The van der Waals surface area contributed by atoms with E-state index < -0.39 is 0 Å². The number of methoxy groups -OCH3 is 2. The van der Waals surface area contributed by atoms with Crippen molar-refractivity contribution in [3.8, 4) is 11.5 Å². The van der Waals surface area contributed by atoms with Crippen molar-refractivity contribution in [3.63, 3.8) is 0 Å². The van der Waals surface area contributed by atoms with Crippen molar-refractivity contribution in [2.45, 2.75) is 6.42 Å². The third-order valence-electron chi connectivity index (χ3n) is 3.26. The summed E-state index contributed by atoms with van der Waals surface area (Å²) in [5.74, 6) is 1.58. The topological polar surface area (TPSA) is 47.1 Å². The zero-order valence-electron chi connectivity index (χ0n) is 11.5. The van der Waals surface area contributed by atoms with Crippen LogP contribution in [0.4, 0.5) is 0 Å². The second-order valence-corrected chi connectivity index (χ2v) is 4.62. The van der Waals surface area contributed by atoms with Crippen LogP contribution in [0.15, 0.2) is 42.6 Å². The fraction of sp³-hybridized carbons (Fsp3) is 0.188. The normalized spacial score (nSPS) is 10.7. The average Bonchev–Trinajstić information content (AvgIpc) is 2.94. The number of nitrogens with zero attached hydrogens (tertiary/aromatic N) is 1. The van der Waals surface area contributed by atoms with Crippen LogP contribution in [0.1, 0.15) is 11.3 Å². The number of benzene rings is 1. The highest BCUT2D eigenvalue weighted by atomic mass is 16.5. The summed E-state index contributed by atoms with van der Waals surface area (Å²) >= 11 is 0. The highest BCUT2D eigenvalue weighted by Crippen LogP contribution is 2.24.